The number of fused-ring (bicyclic) bond motifs is 1. The Labute approximate surface area is 222 Å². The number of anilines is 3. The maximum absolute atomic E-state index is 13.2. The first kappa shape index (κ1) is 26.9. The van der Waals surface area contributed by atoms with E-state index < -0.39 is 16.0 Å². The largest absolute Gasteiger partial charge is 0.465 e. The molecule has 1 heterocycles. The summed E-state index contributed by atoms with van der Waals surface area (Å²) in [6.07, 6.45) is 1.19. The highest BCUT2D eigenvalue weighted by atomic mass is 32.2. The molecule has 0 unspecified atom stereocenters. The van der Waals surface area contributed by atoms with E-state index in [2.05, 4.69) is 16.0 Å². The first-order valence-corrected chi connectivity index (χ1v) is 14.0. The van der Waals surface area contributed by atoms with Crippen molar-refractivity contribution in [2.24, 2.45) is 0 Å². The van der Waals surface area contributed by atoms with Gasteiger partial charge in [0.2, 0.25) is 10.0 Å². The Bertz CT molecular complexity index is 1470. The SMILES string of the molecule is CCNCCN(c1ccc(N/C(=C2\C(=O)Nc3cc(C(=O)OC)ccc32)c2ccccc2)cc1)S(C)(=O)=O. The predicted molar refractivity (Wildman–Crippen MR) is 150 cm³/mol. The van der Waals surface area contributed by atoms with Crippen LogP contribution in [-0.4, -0.2) is 53.3 Å². The molecule has 0 saturated heterocycles. The Morgan fingerprint density at radius 1 is 1.00 bits per heavy atom. The molecule has 38 heavy (non-hydrogen) atoms. The highest BCUT2D eigenvalue weighted by Crippen LogP contribution is 2.38. The number of amides is 1. The molecule has 3 aromatic carbocycles. The maximum Gasteiger partial charge on any atom is 0.337 e. The number of sulfonamides is 1. The van der Waals surface area contributed by atoms with Gasteiger partial charge in [-0.05, 0) is 48.5 Å². The molecule has 0 spiro atoms. The van der Waals surface area contributed by atoms with Gasteiger partial charge in [0.25, 0.3) is 5.91 Å². The molecule has 4 rings (SSSR count). The Morgan fingerprint density at radius 3 is 2.34 bits per heavy atom. The molecule has 0 aromatic heterocycles. The highest BCUT2D eigenvalue weighted by molar-refractivity contribution is 7.92. The summed E-state index contributed by atoms with van der Waals surface area (Å²) in [5.74, 6) is -0.800. The quantitative estimate of drug-likeness (QED) is 0.206. The van der Waals surface area contributed by atoms with Crippen molar-refractivity contribution < 1.29 is 22.7 Å². The minimum absolute atomic E-state index is 0.309. The molecule has 10 heteroatoms. The van der Waals surface area contributed by atoms with Crippen LogP contribution in [0, 0.1) is 0 Å². The molecule has 9 nitrogen and oxygen atoms in total. The number of esters is 1. The van der Waals surface area contributed by atoms with E-state index in [0.29, 0.717) is 52.5 Å². The predicted octanol–water partition coefficient (Wildman–Crippen LogP) is 3.78. The van der Waals surface area contributed by atoms with Crippen LogP contribution in [0.25, 0.3) is 11.3 Å². The van der Waals surface area contributed by atoms with E-state index in [9.17, 15) is 18.0 Å². The zero-order valence-corrected chi connectivity index (χ0v) is 22.3. The van der Waals surface area contributed by atoms with E-state index >= 15 is 0 Å². The minimum atomic E-state index is -3.47. The maximum atomic E-state index is 13.2. The number of benzene rings is 3. The van der Waals surface area contributed by atoms with Crippen molar-refractivity contribution >= 4 is 50.2 Å². The van der Waals surface area contributed by atoms with Crippen LogP contribution in [0.5, 0.6) is 0 Å². The second-order valence-electron chi connectivity index (χ2n) is 8.68. The van der Waals surface area contributed by atoms with Crippen molar-refractivity contribution in [3.63, 3.8) is 0 Å². The molecular weight excluding hydrogens is 504 g/mol. The second kappa shape index (κ2) is 11.5. The molecule has 3 aromatic rings. The fraction of sp³-hybridized carbons (Fsp3) is 0.214. The number of hydrogen-bond acceptors (Lipinski definition) is 7. The van der Waals surface area contributed by atoms with Crippen LogP contribution in [-0.2, 0) is 19.6 Å². The lowest BCUT2D eigenvalue weighted by Crippen LogP contribution is -2.36. The molecule has 0 aliphatic carbocycles. The van der Waals surface area contributed by atoms with Crippen molar-refractivity contribution in [2.45, 2.75) is 6.92 Å². The molecule has 0 fully saturated rings. The van der Waals surface area contributed by atoms with E-state index in [1.165, 1.54) is 17.7 Å². The van der Waals surface area contributed by atoms with Crippen molar-refractivity contribution in [3.05, 3.63) is 89.5 Å². The number of nitrogens with one attached hydrogen (secondary N) is 3. The molecule has 1 amide bonds. The van der Waals surface area contributed by atoms with Crippen LogP contribution in [0.4, 0.5) is 17.1 Å². The molecule has 0 atom stereocenters. The zero-order valence-electron chi connectivity index (χ0n) is 21.4. The van der Waals surface area contributed by atoms with Gasteiger partial charge in [0, 0.05) is 24.3 Å². The summed E-state index contributed by atoms with van der Waals surface area (Å²) in [6.45, 7) is 3.55. The first-order chi connectivity index (χ1) is 18.2. The number of rotatable bonds is 10. The number of methoxy groups -OCH3 is 1. The smallest absolute Gasteiger partial charge is 0.337 e. The van der Waals surface area contributed by atoms with E-state index in [1.807, 2.05) is 37.3 Å². The van der Waals surface area contributed by atoms with Crippen molar-refractivity contribution in [2.75, 3.05) is 47.9 Å². The van der Waals surface area contributed by atoms with Crippen LogP contribution < -0.4 is 20.3 Å². The molecule has 1 aliphatic rings. The lowest BCUT2D eigenvalue weighted by molar-refractivity contribution is -0.110. The monoisotopic (exact) mass is 534 g/mol. The van der Waals surface area contributed by atoms with Gasteiger partial charge in [-0.3, -0.25) is 9.10 Å². The van der Waals surface area contributed by atoms with Crippen molar-refractivity contribution in [1.29, 1.82) is 0 Å². The number of carbonyl (C=O) groups excluding carboxylic acids is 2. The fourth-order valence-electron chi connectivity index (χ4n) is 4.25. The van der Waals surface area contributed by atoms with E-state index in [1.54, 1.807) is 42.5 Å². The lowest BCUT2D eigenvalue weighted by atomic mass is 9.99. The molecule has 0 radical (unpaired) electrons. The Morgan fingerprint density at radius 2 is 1.71 bits per heavy atom. The standard InChI is InChI=1S/C28H30N4O5S/c1-4-29-16-17-32(38(3,35)36)22-13-11-21(12-14-22)30-26(19-8-6-5-7-9-19)25-23-15-10-20(28(34)37-2)18-24(23)31-27(25)33/h5-15,18,29-30H,4,16-17H2,1-3H3,(H,31,33)/b26-25-. The van der Waals surface area contributed by atoms with Gasteiger partial charge in [-0.2, -0.15) is 0 Å². The Hall–Kier alpha value is -4.15. The summed E-state index contributed by atoms with van der Waals surface area (Å²) >= 11 is 0. The molecule has 0 bridgehead atoms. The number of ether oxygens (including phenoxy) is 1. The summed E-state index contributed by atoms with van der Waals surface area (Å²) in [6, 6.07) is 21.4. The fourth-order valence-corrected chi connectivity index (χ4v) is 5.18. The topological polar surface area (TPSA) is 117 Å². The first-order valence-electron chi connectivity index (χ1n) is 12.1. The third-order valence-electron chi connectivity index (χ3n) is 6.06. The number of hydrogen-bond donors (Lipinski definition) is 3. The van der Waals surface area contributed by atoms with Crippen LogP contribution in [0.3, 0.4) is 0 Å². The highest BCUT2D eigenvalue weighted by Gasteiger charge is 2.29. The summed E-state index contributed by atoms with van der Waals surface area (Å²) in [5.41, 5.74) is 4.51. The molecule has 3 N–H and O–H groups in total. The van der Waals surface area contributed by atoms with Crippen LogP contribution in [0.15, 0.2) is 72.8 Å². The summed E-state index contributed by atoms with van der Waals surface area (Å²) in [4.78, 5) is 25.1. The average Bonchev–Trinajstić information content (AvgIpc) is 3.24. The molecular formula is C28H30N4O5S. The normalized spacial score (nSPS) is 13.9. The third kappa shape index (κ3) is 5.87. The van der Waals surface area contributed by atoms with Gasteiger partial charge in [-0.25, -0.2) is 13.2 Å². The van der Waals surface area contributed by atoms with Gasteiger partial charge >= 0.3 is 5.97 Å². The molecule has 1 aliphatic heterocycles. The Balaban J connectivity index is 1.72. The van der Waals surface area contributed by atoms with Gasteiger partial charge in [0.05, 0.1) is 41.6 Å². The van der Waals surface area contributed by atoms with E-state index in [4.69, 9.17) is 4.74 Å². The van der Waals surface area contributed by atoms with Gasteiger partial charge in [0.15, 0.2) is 0 Å². The lowest BCUT2D eigenvalue weighted by Gasteiger charge is -2.23. The zero-order chi connectivity index (χ0) is 27.3. The van der Waals surface area contributed by atoms with Crippen LogP contribution in [0.1, 0.15) is 28.4 Å². The summed E-state index contributed by atoms with van der Waals surface area (Å²) in [7, 11) is -2.16. The second-order valence-corrected chi connectivity index (χ2v) is 10.6. The number of carbonyl (C=O) groups is 2. The van der Waals surface area contributed by atoms with Gasteiger partial charge in [-0.15, -0.1) is 0 Å². The van der Waals surface area contributed by atoms with Crippen molar-refractivity contribution in [1.82, 2.24) is 5.32 Å². The van der Waals surface area contributed by atoms with E-state index in [-0.39, 0.29) is 5.91 Å². The van der Waals surface area contributed by atoms with Crippen LogP contribution in [0.2, 0.25) is 0 Å². The molecule has 0 saturated carbocycles. The third-order valence-corrected chi connectivity index (χ3v) is 7.26. The van der Waals surface area contributed by atoms with E-state index in [0.717, 1.165) is 12.1 Å². The summed E-state index contributed by atoms with van der Waals surface area (Å²) < 4.78 is 30.9. The minimum Gasteiger partial charge on any atom is -0.465 e. The van der Waals surface area contributed by atoms with Gasteiger partial charge < -0.3 is 20.7 Å². The number of nitrogens with zero attached hydrogens (tertiary/aromatic N) is 1. The van der Waals surface area contributed by atoms with Crippen LogP contribution >= 0.6 is 0 Å². The van der Waals surface area contributed by atoms with Gasteiger partial charge in [-0.1, -0.05) is 43.3 Å². The summed E-state index contributed by atoms with van der Waals surface area (Å²) in [5, 5.41) is 9.35. The molecule has 198 valence electrons. The number of likely N-dealkylation sites (N-methyl/N-ethyl adjacent to an activating group) is 1. The average molecular weight is 535 g/mol. The Kier molecular flexibility index (Phi) is 8.13. The van der Waals surface area contributed by atoms with Crippen molar-refractivity contribution in [3.8, 4) is 0 Å². The van der Waals surface area contributed by atoms with Gasteiger partial charge in [0.1, 0.15) is 0 Å².